The Labute approximate surface area is 171 Å². The number of hydrogen-bond donors (Lipinski definition) is 0. The first-order valence-electron chi connectivity index (χ1n) is 9.48. The highest BCUT2D eigenvalue weighted by Crippen LogP contribution is 2.34. The Balaban J connectivity index is 1.73. The molecule has 1 fully saturated rings. The van der Waals surface area contributed by atoms with E-state index >= 15 is 0 Å². The van der Waals surface area contributed by atoms with E-state index in [1.165, 1.54) is 5.57 Å². The summed E-state index contributed by atoms with van der Waals surface area (Å²) in [5.41, 5.74) is 3.12. The minimum Gasteiger partial charge on any atom is -0.336 e. The molecule has 1 aliphatic rings. The zero-order valence-electron chi connectivity index (χ0n) is 16.8. The van der Waals surface area contributed by atoms with E-state index in [0.29, 0.717) is 36.0 Å². The van der Waals surface area contributed by atoms with Crippen molar-refractivity contribution in [1.82, 2.24) is 19.9 Å². The molecule has 2 heterocycles. The Hall–Kier alpha value is -2.58. The number of benzene rings is 1. The van der Waals surface area contributed by atoms with Crippen LogP contribution in [0.4, 0.5) is 0 Å². The number of hydrogen-bond acceptors (Lipinski definition) is 3. The lowest BCUT2D eigenvalue weighted by Crippen LogP contribution is -2.45. The number of carbonyl (C=O) groups is 1. The first kappa shape index (κ1) is 20.2. The molecule has 0 atom stereocenters. The summed E-state index contributed by atoms with van der Waals surface area (Å²) in [5, 5.41) is 9.30. The molecule has 1 aliphatic heterocycles. The lowest BCUT2D eigenvalue weighted by Gasteiger charge is -2.39. The lowest BCUT2D eigenvalue weighted by molar-refractivity contribution is 0.0655. The molecule has 2 aromatic rings. The highest BCUT2D eigenvalue weighted by atomic mass is 35.5. The summed E-state index contributed by atoms with van der Waals surface area (Å²) >= 11 is 6.00. The summed E-state index contributed by atoms with van der Waals surface area (Å²) in [6, 6.07) is 7.52. The maximum absolute atomic E-state index is 12.9. The van der Waals surface area contributed by atoms with E-state index in [1.54, 1.807) is 4.80 Å². The van der Waals surface area contributed by atoms with Crippen LogP contribution in [0.1, 0.15) is 48.9 Å². The van der Waals surface area contributed by atoms with Crippen molar-refractivity contribution < 1.29 is 4.79 Å². The van der Waals surface area contributed by atoms with Crippen LogP contribution in [0.15, 0.2) is 35.9 Å². The molecule has 5 nitrogen and oxygen atoms in total. The van der Waals surface area contributed by atoms with Gasteiger partial charge in [-0.3, -0.25) is 4.79 Å². The smallest absolute Gasteiger partial charge is 0.276 e. The zero-order valence-corrected chi connectivity index (χ0v) is 17.5. The van der Waals surface area contributed by atoms with Gasteiger partial charge < -0.3 is 4.90 Å². The molecule has 0 unspecified atom stereocenters. The van der Waals surface area contributed by atoms with Gasteiger partial charge in [-0.05, 0) is 44.5 Å². The third-order valence-corrected chi connectivity index (χ3v) is 5.23. The number of nitrogens with zero attached hydrogens (tertiary/aromatic N) is 4. The van der Waals surface area contributed by atoms with Gasteiger partial charge in [-0.25, -0.2) is 0 Å². The summed E-state index contributed by atoms with van der Waals surface area (Å²) in [7, 11) is 0. The monoisotopic (exact) mass is 396 g/mol. The van der Waals surface area contributed by atoms with Gasteiger partial charge in [0.2, 0.25) is 0 Å². The van der Waals surface area contributed by atoms with Crippen LogP contribution < -0.4 is 0 Å². The molecule has 0 radical (unpaired) electrons. The Morgan fingerprint density at radius 2 is 2.14 bits per heavy atom. The largest absolute Gasteiger partial charge is 0.336 e. The molecule has 0 bridgehead atoms. The average molecular weight is 397 g/mol. The number of aromatic nitrogens is 3. The van der Waals surface area contributed by atoms with Crippen molar-refractivity contribution >= 4 is 17.5 Å². The lowest BCUT2D eigenvalue weighted by atomic mass is 9.78. The number of allylic oxidation sites excluding steroid dienone is 1. The van der Waals surface area contributed by atoms with Gasteiger partial charge >= 0.3 is 0 Å². The molecule has 0 spiro atoms. The second-order valence-electron chi connectivity index (χ2n) is 7.63. The van der Waals surface area contributed by atoms with Crippen LogP contribution in [-0.4, -0.2) is 38.9 Å². The number of piperidine rings is 1. The van der Waals surface area contributed by atoms with E-state index in [4.69, 9.17) is 11.6 Å². The van der Waals surface area contributed by atoms with Crippen molar-refractivity contribution in [2.24, 2.45) is 5.41 Å². The quantitative estimate of drug-likeness (QED) is 0.718. The van der Waals surface area contributed by atoms with Crippen LogP contribution in [0.25, 0.3) is 0 Å². The first-order chi connectivity index (χ1) is 13.3. The van der Waals surface area contributed by atoms with Crippen molar-refractivity contribution in [3.63, 3.8) is 0 Å². The number of carbonyl (C=O) groups excluding carboxylic acids is 1. The van der Waals surface area contributed by atoms with E-state index in [9.17, 15) is 4.79 Å². The second-order valence-corrected chi connectivity index (χ2v) is 8.07. The molecule has 1 saturated heterocycles. The van der Waals surface area contributed by atoms with E-state index in [1.807, 2.05) is 49.1 Å². The van der Waals surface area contributed by atoms with Crippen LogP contribution in [-0.2, 0) is 6.54 Å². The van der Waals surface area contributed by atoms with Gasteiger partial charge in [-0.2, -0.15) is 9.90 Å². The number of aryl methyl sites for hydroxylation is 2. The van der Waals surface area contributed by atoms with E-state index in [2.05, 4.69) is 35.9 Å². The molecule has 0 aliphatic carbocycles. The maximum atomic E-state index is 12.9. The van der Waals surface area contributed by atoms with Crippen LogP contribution in [0.5, 0.6) is 0 Å². The second kappa shape index (κ2) is 8.20. The summed E-state index contributed by atoms with van der Waals surface area (Å²) in [5.74, 6) is 6.24. The third-order valence-electron chi connectivity index (χ3n) is 4.99. The van der Waals surface area contributed by atoms with Gasteiger partial charge in [-0.15, -0.1) is 5.10 Å². The van der Waals surface area contributed by atoms with Gasteiger partial charge in [0, 0.05) is 29.1 Å². The molecule has 0 N–H and O–H groups in total. The summed E-state index contributed by atoms with van der Waals surface area (Å²) in [6.45, 7) is 10.0. The Morgan fingerprint density at radius 1 is 1.36 bits per heavy atom. The molecule has 28 heavy (non-hydrogen) atoms. The highest BCUT2D eigenvalue weighted by Gasteiger charge is 2.34. The fraction of sp³-hybridized carbons (Fsp3) is 0.409. The average Bonchev–Trinajstić information content (AvgIpc) is 3.03. The predicted molar refractivity (Wildman–Crippen MR) is 111 cm³/mol. The fourth-order valence-electron chi connectivity index (χ4n) is 3.38. The van der Waals surface area contributed by atoms with Crippen LogP contribution in [0.3, 0.4) is 0 Å². The summed E-state index contributed by atoms with van der Waals surface area (Å²) in [4.78, 5) is 16.4. The third kappa shape index (κ3) is 4.45. The van der Waals surface area contributed by atoms with Crippen molar-refractivity contribution in [3.05, 3.63) is 57.9 Å². The molecule has 6 heteroatoms. The molecule has 3 rings (SSSR count). The van der Waals surface area contributed by atoms with Crippen molar-refractivity contribution in [3.8, 4) is 11.8 Å². The van der Waals surface area contributed by atoms with Crippen LogP contribution in [0, 0.1) is 24.2 Å². The summed E-state index contributed by atoms with van der Waals surface area (Å²) in [6.07, 6.45) is 2.78. The standard InChI is InChI=1S/C22H25ClN4O/c1-5-27-24-16(2)20(25-27)21(28)26-13-12-18(22(3,4)15-26)10-6-8-17-9-7-11-19(23)14-17/h7,9-11,14H,5,12-13,15H2,1-4H3/b18-10+. The topological polar surface area (TPSA) is 51.0 Å². The van der Waals surface area contributed by atoms with E-state index in [-0.39, 0.29) is 11.3 Å². The number of amides is 1. The van der Waals surface area contributed by atoms with E-state index in [0.717, 1.165) is 12.0 Å². The van der Waals surface area contributed by atoms with Gasteiger partial charge in [0.05, 0.1) is 12.2 Å². The van der Waals surface area contributed by atoms with Crippen LogP contribution in [0.2, 0.25) is 5.02 Å². The Kier molecular flexibility index (Phi) is 5.90. The number of rotatable bonds is 2. The van der Waals surface area contributed by atoms with Crippen molar-refractivity contribution in [2.75, 3.05) is 13.1 Å². The Bertz CT molecular complexity index is 978. The van der Waals surface area contributed by atoms with Gasteiger partial charge in [0.25, 0.3) is 5.91 Å². The number of likely N-dealkylation sites (tertiary alicyclic amines) is 1. The van der Waals surface area contributed by atoms with Gasteiger partial charge in [0.1, 0.15) is 0 Å². The first-order valence-corrected chi connectivity index (χ1v) is 9.85. The molecule has 146 valence electrons. The minimum atomic E-state index is -0.147. The Morgan fingerprint density at radius 3 is 2.79 bits per heavy atom. The fourth-order valence-corrected chi connectivity index (χ4v) is 3.57. The molecule has 0 saturated carbocycles. The highest BCUT2D eigenvalue weighted by molar-refractivity contribution is 6.30. The predicted octanol–water partition coefficient (Wildman–Crippen LogP) is 4.11. The van der Waals surface area contributed by atoms with Gasteiger partial charge in [0.15, 0.2) is 5.69 Å². The maximum Gasteiger partial charge on any atom is 0.276 e. The van der Waals surface area contributed by atoms with E-state index < -0.39 is 0 Å². The normalized spacial score (nSPS) is 17.3. The van der Waals surface area contributed by atoms with Crippen molar-refractivity contribution in [2.45, 2.75) is 40.7 Å². The molecular weight excluding hydrogens is 372 g/mol. The van der Waals surface area contributed by atoms with Crippen molar-refractivity contribution in [1.29, 1.82) is 0 Å². The molecule has 1 aromatic heterocycles. The molecule has 1 amide bonds. The SMILES string of the molecule is CCn1nc(C)c(C(=O)N2CC/C(=C\C#Cc3cccc(Cl)c3)C(C)(C)C2)n1. The molecule has 1 aromatic carbocycles. The molecular formula is C22H25ClN4O. The summed E-state index contributed by atoms with van der Waals surface area (Å²) < 4.78 is 0. The minimum absolute atomic E-state index is 0.0469. The van der Waals surface area contributed by atoms with Crippen LogP contribution >= 0.6 is 11.6 Å². The number of halogens is 1. The van der Waals surface area contributed by atoms with Gasteiger partial charge in [-0.1, -0.05) is 48.9 Å². The zero-order chi connectivity index (χ0) is 20.3.